The Morgan fingerprint density at radius 3 is 2.56 bits per heavy atom. The number of aliphatic hydroxyl groups is 1. The van der Waals surface area contributed by atoms with Crippen molar-refractivity contribution in [2.45, 2.75) is 38.2 Å². The number of aryl methyl sites for hydroxylation is 1. The van der Waals surface area contributed by atoms with Gasteiger partial charge in [-0.15, -0.1) is 0 Å². The van der Waals surface area contributed by atoms with Gasteiger partial charge in [0.1, 0.15) is 11.9 Å². The van der Waals surface area contributed by atoms with Gasteiger partial charge < -0.3 is 15.6 Å². The van der Waals surface area contributed by atoms with Crippen molar-refractivity contribution in [1.29, 1.82) is 0 Å². The highest BCUT2D eigenvalue weighted by Gasteiger charge is 2.32. The summed E-state index contributed by atoms with van der Waals surface area (Å²) in [4.78, 5) is 14.9. The Labute approximate surface area is 147 Å². The van der Waals surface area contributed by atoms with Crippen molar-refractivity contribution < 1.29 is 14.6 Å². The molecule has 3 rings (SSSR count). The van der Waals surface area contributed by atoms with Gasteiger partial charge in [-0.25, -0.2) is 4.98 Å². The molecule has 130 valence electrons. The molecule has 3 N–H and O–H groups in total. The first-order chi connectivity index (χ1) is 12.0. The molecule has 1 aromatic heterocycles. The van der Waals surface area contributed by atoms with Crippen LogP contribution in [0.2, 0.25) is 0 Å². The number of benzene rings is 1. The lowest BCUT2D eigenvalue weighted by Gasteiger charge is -2.35. The Balaban J connectivity index is 1.53. The van der Waals surface area contributed by atoms with Crippen molar-refractivity contribution in [2.75, 3.05) is 0 Å². The highest BCUT2D eigenvalue weighted by atomic mass is 16.5. The molecule has 1 heterocycles. The number of primary amides is 1. The smallest absolute Gasteiger partial charge is 0.245 e. The minimum Gasteiger partial charge on any atom is -0.507 e. The van der Waals surface area contributed by atoms with E-state index in [1.807, 2.05) is 0 Å². The molecule has 0 unspecified atom stereocenters. The first-order valence-corrected chi connectivity index (χ1v) is 8.47. The maximum absolute atomic E-state index is 10.8. The number of nitrogens with zero attached hydrogens (tertiary/aromatic N) is 1. The zero-order valence-electron chi connectivity index (χ0n) is 14.2. The van der Waals surface area contributed by atoms with E-state index in [-0.39, 0.29) is 11.9 Å². The van der Waals surface area contributed by atoms with Crippen LogP contribution in [0.4, 0.5) is 0 Å². The fourth-order valence-corrected chi connectivity index (χ4v) is 2.95. The number of aromatic nitrogens is 1. The Hall–Kier alpha value is -2.82. The number of hydrogen-bond acceptors (Lipinski definition) is 4. The summed E-state index contributed by atoms with van der Waals surface area (Å²) >= 11 is 0. The van der Waals surface area contributed by atoms with E-state index in [0.717, 1.165) is 25.3 Å². The van der Waals surface area contributed by atoms with Gasteiger partial charge in [0.25, 0.3) is 0 Å². The third-order valence-corrected chi connectivity index (χ3v) is 4.55. The van der Waals surface area contributed by atoms with Crippen molar-refractivity contribution >= 4 is 11.7 Å². The number of amides is 1. The highest BCUT2D eigenvalue weighted by Crippen LogP contribution is 2.39. The van der Waals surface area contributed by atoms with E-state index in [9.17, 15) is 9.90 Å². The lowest BCUT2D eigenvalue weighted by molar-refractivity contribution is -0.113. The van der Waals surface area contributed by atoms with E-state index in [2.05, 4.69) is 36.2 Å². The quantitative estimate of drug-likeness (QED) is 0.625. The standard InChI is InChI=1S/C20H22N2O3/c1-2-13-3-5-14(6-4-13)16-9-17(10-16)25-20-8-7-15(12-22-20)18(23)11-19(21)24/h3-8,11-12,16-17,23H,2,9-10H2,1H3,(H2,21,24)/b18-11-. The van der Waals surface area contributed by atoms with Gasteiger partial charge in [-0.3, -0.25) is 4.79 Å². The minimum atomic E-state index is -0.703. The highest BCUT2D eigenvalue weighted by molar-refractivity contribution is 5.92. The second-order valence-corrected chi connectivity index (χ2v) is 6.32. The second kappa shape index (κ2) is 7.38. The summed E-state index contributed by atoms with van der Waals surface area (Å²) < 4.78 is 5.86. The maximum Gasteiger partial charge on any atom is 0.245 e. The number of aliphatic hydroxyl groups excluding tert-OH is 1. The van der Waals surface area contributed by atoms with Crippen molar-refractivity contribution in [3.05, 3.63) is 65.4 Å². The van der Waals surface area contributed by atoms with E-state index in [4.69, 9.17) is 10.5 Å². The van der Waals surface area contributed by atoms with Crippen LogP contribution in [0.5, 0.6) is 5.88 Å². The summed E-state index contributed by atoms with van der Waals surface area (Å²) in [6.07, 6.45) is 5.58. The molecule has 1 aromatic carbocycles. The van der Waals surface area contributed by atoms with Gasteiger partial charge in [-0.2, -0.15) is 0 Å². The predicted octanol–water partition coefficient (Wildman–Crippen LogP) is 3.35. The molecule has 25 heavy (non-hydrogen) atoms. The molecule has 1 fully saturated rings. The van der Waals surface area contributed by atoms with Gasteiger partial charge in [0, 0.05) is 23.9 Å². The van der Waals surface area contributed by atoms with Crippen molar-refractivity contribution in [2.24, 2.45) is 5.73 Å². The molecule has 1 amide bonds. The molecule has 0 spiro atoms. The lowest BCUT2D eigenvalue weighted by Crippen LogP contribution is -2.32. The molecule has 1 saturated carbocycles. The number of ether oxygens (including phenoxy) is 1. The molecule has 0 atom stereocenters. The minimum absolute atomic E-state index is 0.156. The van der Waals surface area contributed by atoms with E-state index in [0.29, 0.717) is 17.4 Å². The number of rotatable bonds is 6. The number of carbonyl (C=O) groups is 1. The van der Waals surface area contributed by atoms with E-state index >= 15 is 0 Å². The SMILES string of the molecule is CCc1ccc(C2CC(Oc3ccc(/C(O)=C/C(N)=O)cn3)C2)cc1. The van der Waals surface area contributed by atoms with Gasteiger partial charge in [0.2, 0.25) is 11.8 Å². The normalized spacial score (nSPS) is 20.0. The van der Waals surface area contributed by atoms with Crippen LogP contribution in [0.25, 0.3) is 5.76 Å². The van der Waals surface area contributed by atoms with Gasteiger partial charge in [-0.05, 0) is 42.4 Å². The molecule has 2 aromatic rings. The van der Waals surface area contributed by atoms with Crippen LogP contribution in [-0.2, 0) is 11.2 Å². The number of carbonyl (C=O) groups excluding carboxylic acids is 1. The third kappa shape index (κ3) is 4.18. The van der Waals surface area contributed by atoms with Crippen LogP contribution in [-0.4, -0.2) is 22.1 Å². The van der Waals surface area contributed by atoms with Crippen LogP contribution in [0.15, 0.2) is 48.7 Å². The van der Waals surface area contributed by atoms with Crippen molar-refractivity contribution in [3.63, 3.8) is 0 Å². The molecule has 5 heteroatoms. The first kappa shape index (κ1) is 17.0. The largest absolute Gasteiger partial charge is 0.507 e. The zero-order valence-corrected chi connectivity index (χ0v) is 14.2. The van der Waals surface area contributed by atoms with E-state index in [1.54, 1.807) is 12.1 Å². The molecule has 0 radical (unpaired) electrons. The average molecular weight is 338 g/mol. The number of hydrogen-bond donors (Lipinski definition) is 2. The topological polar surface area (TPSA) is 85.4 Å². The van der Waals surface area contributed by atoms with Gasteiger partial charge in [0.15, 0.2) is 0 Å². The van der Waals surface area contributed by atoms with Crippen LogP contribution < -0.4 is 10.5 Å². The van der Waals surface area contributed by atoms with Crippen LogP contribution in [0, 0.1) is 0 Å². The summed E-state index contributed by atoms with van der Waals surface area (Å²) in [6, 6.07) is 12.1. The van der Waals surface area contributed by atoms with Gasteiger partial charge >= 0.3 is 0 Å². The number of pyridine rings is 1. The van der Waals surface area contributed by atoms with E-state index < -0.39 is 5.91 Å². The summed E-state index contributed by atoms with van der Waals surface area (Å²) in [5.41, 5.74) is 8.15. The molecule has 0 saturated heterocycles. The molecule has 1 aliphatic rings. The predicted molar refractivity (Wildman–Crippen MR) is 96.2 cm³/mol. The Morgan fingerprint density at radius 2 is 2.00 bits per heavy atom. The molecule has 5 nitrogen and oxygen atoms in total. The summed E-state index contributed by atoms with van der Waals surface area (Å²) in [7, 11) is 0. The van der Waals surface area contributed by atoms with Crippen LogP contribution >= 0.6 is 0 Å². The Bertz CT molecular complexity index is 761. The summed E-state index contributed by atoms with van der Waals surface area (Å²) in [5.74, 6) is 0.147. The van der Waals surface area contributed by atoms with Crippen LogP contribution in [0.1, 0.15) is 42.4 Å². The Kier molecular flexibility index (Phi) is 5.03. The molecule has 0 aliphatic heterocycles. The molecule has 0 bridgehead atoms. The monoisotopic (exact) mass is 338 g/mol. The van der Waals surface area contributed by atoms with Crippen molar-refractivity contribution in [3.8, 4) is 5.88 Å². The summed E-state index contributed by atoms with van der Waals surface area (Å²) in [6.45, 7) is 2.16. The van der Waals surface area contributed by atoms with E-state index in [1.165, 1.54) is 17.3 Å². The summed E-state index contributed by atoms with van der Waals surface area (Å²) in [5, 5.41) is 9.70. The zero-order chi connectivity index (χ0) is 17.8. The molecular weight excluding hydrogens is 316 g/mol. The second-order valence-electron chi connectivity index (χ2n) is 6.32. The van der Waals surface area contributed by atoms with Gasteiger partial charge in [-0.1, -0.05) is 31.2 Å². The first-order valence-electron chi connectivity index (χ1n) is 8.47. The van der Waals surface area contributed by atoms with Crippen molar-refractivity contribution in [1.82, 2.24) is 4.98 Å². The van der Waals surface area contributed by atoms with Crippen LogP contribution in [0.3, 0.4) is 0 Å². The molecule has 1 aliphatic carbocycles. The maximum atomic E-state index is 10.8. The third-order valence-electron chi connectivity index (χ3n) is 4.55. The van der Waals surface area contributed by atoms with Gasteiger partial charge in [0.05, 0.1) is 0 Å². The Morgan fingerprint density at radius 1 is 1.28 bits per heavy atom. The lowest BCUT2D eigenvalue weighted by atomic mass is 9.77. The fourth-order valence-electron chi connectivity index (χ4n) is 2.95. The average Bonchev–Trinajstić information content (AvgIpc) is 2.58. The number of nitrogens with two attached hydrogens (primary N) is 1. The molecular formula is C20H22N2O3. The fraction of sp³-hybridized carbons (Fsp3) is 0.300.